The molecule has 1 rings (SSSR count). The molecule has 1 heterocycles. The highest BCUT2D eigenvalue weighted by Crippen LogP contribution is 2.28. The zero-order chi connectivity index (χ0) is 9.35. The number of hydrogen-bond donors (Lipinski definition) is 1. The Kier molecular flexibility index (Phi) is 2.79. The number of likely N-dealkylation sites (tertiary alicyclic amines) is 1. The molecule has 0 amide bonds. The van der Waals surface area contributed by atoms with Gasteiger partial charge in [0.2, 0.25) is 0 Å². The Hall–Kier alpha value is -0.0800. The minimum absolute atomic E-state index is 0.359. The molecular formula is C10H21NO. The molecule has 72 valence electrons. The van der Waals surface area contributed by atoms with E-state index in [1.165, 1.54) is 6.42 Å². The van der Waals surface area contributed by atoms with E-state index in [9.17, 15) is 5.11 Å². The molecule has 1 atom stereocenters. The molecule has 0 aromatic carbocycles. The fourth-order valence-electron chi connectivity index (χ4n) is 2.17. The molecule has 0 saturated carbocycles. The first-order valence-electron chi connectivity index (χ1n) is 4.91. The fourth-order valence-corrected chi connectivity index (χ4v) is 2.17. The molecule has 1 N–H and O–H groups in total. The van der Waals surface area contributed by atoms with Crippen LogP contribution in [0.1, 0.15) is 40.5 Å². The van der Waals surface area contributed by atoms with E-state index in [0.717, 1.165) is 13.0 Å². The number of rotatable bonds is 2. The van der Waals surface area contributed by atoms with Gasteiger partial charge in [0, 0.05) is 12.1 Å². The van der Waals surface area contributed by atoms with Crippen molar-refractivity contribution in [2.24, 2.45) is 0 Å². The van der Waals surface area contributed by atoms with Crippen LogP contribution in [0.5, 0.6) is 0 Å². The SMILES string of the molecule is CC(C)N1CCC[C@H]1C(C)(C)O. The van der Waals surface area contributed by atoms with Gasteiger partial charge in [-0.05, 0) is 47.1 Å². The van der Waals surface area contributed by atoms with E-state index in [0.29, 0.717) is 12.1 Å². The predicted octanol–water partition coefficient (Wildman–Crippen LogP) is 1.63. The number of aliphatic hydroxyl groups is 1. The van der Waals surface area contributed by atoms with E-state index in [-0.39, 0.29) is 0 Å². The molecule has 1 aliphatic heterocycles. The van der Waals surface area contributed by atoms with Crippen LogP contribution in [-0.2, 0) is 0 Å². The summed E-state index contributed by atoms with van der Waals surface area (Å²) in [5.74, 6) is 0. The van der Waals surface area contributed by atoms with Crippen LogP contribution >= 0.6 is 0 Å². The minimum Gasteiger partial charge on any atom is -0.389 e. The second-order valence-electron chi connectivity index (χ2n) is 4.64. The zero-order valence-electron chi connectivity index (χ0n) is 8.67. The van der Waals surface area contributed by atoms with Gasteiger partial charge in [-0.2, -0.15) is 0 Å². The van der Waals surface area contributed by atoms with Crippen LogP contribution in [-0.4, -0.2) is 34.2 Å². The van der Waals surface area contributed by atoms with E-state index in [1.54, 1.807) is 0 Å². The summed E-state index contributed by atoms with van der Waals surface area (Å²) in [5, 5.41) is 9.90. The maximum absolute atomic E-state index is 9.90. The van der Waals surface area contributed by atoms with Crippen molar-refractivity contribution in [2.75, 3.05) is 6.54 Å². The molecule has 0 aliphatic carbocycles. The second kappa shape index (κ2) is 3.35. The first-order chi connectivity index (χ1) is 5.43. The van der Waals surface area contributed by atoms with Gasteiger partial charge >= 0.3 is 0 Å². The average Bonchev–Trinajstić information content (AvgIpc) is 2.30. The first-order valence-corrected chi connectivity index (χ1v) is 4.91. The third kappa shape index (κ3) is 1.99. The lowest BCUT2D eigenvalue weighted by Crippen LogP contribution is -2.48. The highest BCUT2D eigenvalue weighted by molar-refractivity contribution is 4.91. The van der Waals surface area contributed by atoms with Crippen molar-refractivity contribution in [1.29, 1.82) is 0 Å². The van der Waals surface area contributed by atoms with Crippen LogP contribution < -0.4 is 0 Å². The van der Waals surface area contributed by atoms with Crippen molar-refractivity contribution in [3.63, 3.8) is 0 Å². The standard InChI is InChI=1S/C10H21NO/c1-8(2)11-7-5-6-9(11)10(3,4)12/h8-9,12H,5-7H2,1-4H3/t9-/m0/s1. The summed E-state index contributed by atoms with van der Waals surface area (Å²) in [6.07, 6.45) is 2.37. The maximum Gasteiger partial charge on any atom is 0.0746 e. The Morgan fingerprint density at radius 1 is 1.42 bits per heavy atom. The molecule has 1 fully saturated rings. The monoisotopic (exact) mass is 171 g/mol. The van der Waals surface area contributed by atoms with E-state index < -0.39 is 5.60 Å². The summed E-state index contributed by atoms with van der Waals surface area (Å²) >= 11 is 0. The molecule has 1 aliphatic rings. The Balaban J connectivity index is 2.64. The third-order valence-corrected chi connectivity index (χ3v) is 2.77. The molecule has 2 heteroatoms. The van der Waals surface area contributed by atoms with Crippen LogP contribution in [0.25, 0.3) is 0 Å². The van der Waals surface area contributed by atoms with Crippen LogP contribution in [0, 0.1) is 0 Å². The number of hydrogen-bond acceptors (Lipinski definition) is 2. The van der Waals surface area contributed by atoms with Gasteiger partial charge in [-0.15, -0.1) is 0 Å². The lowest BCUT2D eigenvalue weighted by molar-refractivity contribution is -0.0122. The highest BCUT2D eigenvalue weighted by Gasteiger charge is 2.36. The Labute approximate surface area is 75.6 Å². The summed E-state index contributed by atoms with van der Waals surface area (Å²) in [5.41, 5.74) is -0.541. The lowest BCUT2D eigenvalue weighted by atomic mass is 9.96. The predicted molar refractivity (Wildman–Crippen MR) is 51.2 cm³/mol. The average molecular weight is 171 g/mol. The van der Waals surface area contributed by atoms with E-state index >= 15 is 0 Å². The summed E-state index contributed by atoms with van der Waals surface area (Å²) in [4.78, 5) is 2.40. The molecule has 12 heavy (non-hydrogen) atoms. The molecule has 0 unspecified atom stereocenters. The van der Waals surface area contributed by atoms with E-state index in [2.05, 4.69) is 18.7 Å². The normalized spacial score (nSPS) is 27.0. The summed E-state index contributed by atoms with van der Waals surface area (Å²) in [7, 11) is 0. The Morgan fingerprint density at radius 3 is 2.33 bits per heavy atom. The summed E-state index contributed by atoms with van der Waals surface area (Å²) < 4.78 is 0. The van der Waals surface area contributed by atoms with Gasteiger partial charge in [0.25, 0.3) is 0 Å². The Bertz CT molecular complexity index is 148. The molecule has 0 radical (unpaired) electrons. The first kappa shape index (κ1) is 10.0. The van der Waals surface area contributed by atoms with Crippen LogP contribution in [0.3, 0.4) is 0 Å². The number of nitrogens with zero attached hydrogens (tertiary/aromatic N) is 1. The highest BCUT2D eigenvalue weighted by atomic mass is 16.3. The van der Waals surface area contributed by atoms with Crippen molar-refractivity contribution in [2.45, 2.75) is 58.2 Å². The summed E-state index contributed by atoms with van der Waals surface area (Å²) in [6, 6.07) is 0.918. The van der Waals surface area contributed by atoms with Gasteiger partial charge in [-0.25, -0.2) is 0 Å². The molecule has 2 nitrogen and oxygen atoms in total. The smallest absolute Gasteiger partial charge is 0.0746 e. The summed E-state index contributed by atoms with van der Waals surface area (Å²) in [6.45, 7) is 9.37. The van der Waals surface area contributed by atoms with Gasteiger partial charge < -0.3 is 5.11 Å². The molecule has 0 aromatic heterocycles. The fraction of sp³-hybridized carbons (Fsp3) is 1.00. The molecule has 0 bridgehead atoms. The second-order valence-corrected chi connectivity index (χ2v) is 4.64. The van der Waals surface area contributed by atoms with Gasteiger partial charge in [0.05, 0.1) is 5.60 Å². The zero-order valence-corrected chi connectivity index (χ0v) is 8.67. The van der Waals surface area contributed by atoms with Gasteiger partial charge in [0.15, 0.2) is 0 Å². The molecular weight excluding hydrogens is 150 g/mol. The maximum atomic E-state index is 9.90. The molecule has 0 spiro atoms. The van der Waals surface area contributed by atoms with Crippen molar-refractivity contribution < 1.29 is 5.11 Å². The van der Waals surface area contributed by atoms with E-state index in [4.69, 9.17) is 0 Å². The topological polar surface area (TPSA) is 23.5 Å². The van der Waals surface area contributed by atoms with Gasteiger partial charge in [0.1, 0.15) is 0 Å². The quantitative estimate of drug-likeness (QED) is 0.682. The largest absolute Gasteiger partial charge is 0.389 e. The third-order valence-electron chi connectivity index (χ3n) is 2.77. The van der Waals surface area contributed by atoms with Crippen molar-refractivity contribution in [3.8, 4) is 0 Å². The Morgan fingerprint density at radius 2 is 2.00 bits per heavy atom. The van der Waals surface area contributed by atoms with Gasteiger partial charge in [-0.3, -0.25) is 4.90 Å². The lowest BCUT2D eigenvalue weighted by Gasteiger charge is -2.36. The van der Waals surface area contributed by atoms with Crippen LogP contribution in [0.15, 0.2) is 0 Å². The van der Waals surface area contributed by atoms with Crippen molar-refractivity contribution in [3.05, 3.63) is 0 Å². The van der Waals surface area contributed by atoms with Gasteiger partial charge in [-0.1, -0.05) is 0 Å². The van der Waals surface area contributed by atoms with Crippen LogP contribution in [0.4, 0.5) is 0 Å². The molecule has 0 aromatic rings. The van der Waals surface area contributed by atoms with Crippen molar-refractivity contribution in [1.82, 2.24) is 4.90 Å². The van der Waals surface area contributed by atoms with Crippen LogP contribution in [0.2, 0.25) is 0 Å². The van der Waals surface area contributed by atoms with Crippen molar-refractivity contribution >= 4 is 0 Å². The minimum atomic E-state index is -0.541. The van der Waals surface area contributed by atoms with E-state index in [1.807, 2.05) is 13.8 Å². The molecule has 1 saturated heterocycles.